The van der Waals surface area contributed by atoms with Crippen molar-refractivity contribution in [1.82, 2.24) is 5.32 Å². The maximum absolute atomic E-state index is 14.0. The van der Waals surface area contributed by atoms with Gasteiger partial charge >= 0.3 is 0 Å². The molecule has 1 aromatic carbocycles. The molecule has 0 radical (unpaired) electrons. The van der Waals surface area contributed by atoms with Crippen LogP contribution < -0.4 is 10.2 Å². The number of benzene rings is 1. The molecule has 1 aliphatic rings. The highest BCUT2D eigenvalue weighted by molar-refractivity contribution is 5.54. The molecule has 1 saturated heterocycles. The third-order valence-corrected chi connectivity index (χ3v) is 3.33. The summed E-state index contributed by atoms with van der Waals surface area (Å²) in [5.74, 6) is -0.189. The summed E-state index contributed by atoms with van der Waals surface area (Å²) < 4.78 is 19.4. The molecule has 1 heterocycles. The van der Waals surface area contributed by atoms with Gasteiger partial charge in [0.2, 0.25) is 0 Å². The highest BCUT2D eigenvalue weighted by atomic mass is 19.1. The molecule has 1 unspecified atom stereocenters. The van der Waals surface area contributed by atoms with Crippen LogP contribution in [0.25, 0.3) is 0 Å². The van der Waals surface area contributed by atoms with Gasteiger partial charge < -0.3 is 20.1 Å². The summed E-state index contributed by atoms with van der Waals surface area (Å²) in [5.41, 5.74) is 1.57. The van der Waals surface area contributed by atoms with Crippen molar-refractivity contribution in [2.75, 3.05) is 37.7 Å². The number of halogens is 1. The molecule has 1 aliphatic heterocycles. The van der Waals surface area contributed by atoms with E-state index in [9.17, 15) is 9.50 Å². The monoisotopic (exact) mass is 268 g/mol. The number of nitrogens with one attached hydrogen (secondary N) is 1. The second-order valence-electron chi connectivity index (χ2n) is 4.64. The summed E-state index contributed by atoms with van der Waals surface area (Å²) in [4.78, 5) is 2.08. The van der Waals surface area contributed by atoms with E-state index in [4.69, 9.17) is 4.74 Å². The fraction of sp³-hybridized carbons (Fsp3) is 0.571. The lowest BCUT2D eigenvalue weighted by Gasteiger charge is -2.35. The Hall–Kier alpha value is -1.17. The predicted molar refractivity (Wildman–Crippen MR) is 72.8 cm³/mol. The third-order valence-electron chi connectivity index (χ3n) is 3.33. The predicted octanol–water partition coefficient (Wildman–Crippen LogP) is 1.13. The first-order chi connectivity index (χ1) is 9.26. The number of anilines is 1. The summed E-state index contributed by atoms with van der Waals surface area (Å²) in [5, 5.41) is 12.3. The number of ether oxygens (including phenoxy) is 1. The fourth-order valence-corrected chi connectivity index (χ4v) is 2.32. The minimum atomic E-state index is -0.191. The first-order valence-electron chi connectivity index (χ1n) is 6.71. The van der Waals surface area contributed by atoms with Crippen molar-refractivity contribution in [3.63, 3.8) is 0 Å². The molecule has 19 heavy (non-hydrogen) atoms. The van der Waals surface area contributed by atoms with Crippen LogP contribution in [0.4, 0.5) is 10.1 Å². The van der Waals surface area contributed by atoms with E-state index < -0.39 is 0 Å². The molecular formula is C14H21FN2O2. The molecule has 2 N–H and O–H groups in total. The minimum Gasteiger partial charge on any atom is -0.394 e. The standard InChI is InChI=1S/C14H21FN2O2/c1-2-16-8-12-13(15)4-3-5-14(12)17-6-7-19-11(9-17)10-18/h3-5,11,16,18H,2,6-10H2,1H3. The van der Waals surface area contributed by atoms with E-state index in [2.05, 4.69) is 10.2 Å². The molecule has 5 heteroatoms. The second-order valence-corrected chi connectivity index (χ2v) is 4.64. The van der Waals surface area contributed by atoms with E-state index in [1.807, 2.05) is 13.0 Å². The van der Waals surface area contributed by atoms with E-state index in [1.54, 1.807) is 6.07 Å². The Balaban J connectivity index is 2.20. The molecule has 0 spiro atoms. The Labute approximate surface area is 113 Å². The summed E-state index contributed by atoms with van der Waals surface area (Å²) >= 11 is 0. The van der Waals surface area contributed by atoms with Crippen molar-refractivity contribution in [3.05, 3.63) is 29.6 Å². The van der Waals surface area contributed by atoms with Crippen LogP contribution in [0.1, 0.15) is 12.5 Å². The zero-order chi connectivity index (χ0) is 13.7. The average Bonchev–Trinajstić information content (AvgIpc) is 2.46. The van der Waals surface area contributed by atoms with E-state index in [0.717, 1.165) is 18.8 Å². The Morgan fingerprint density at radius 1 is 1.53 bits per heavy atom. The van der Waals surface area contributed by atoms with Crippen molar-refractivity contribution in [2.24, 2.45) is 0 Å². The average molecular weight is 268 g/mol. The SMILES string of the molecule is CCNCc1c(F)cccc1N1CCOC(CO)C1. The van der Waals surface area contributed by atoms with Gasteiger partial charge in [0, 0.05) is 30.9 Å². The quantitative estimate of drug-likeness (QED) is 0.840. The normalized spacial score (nSPS) is 19.7. The second kappa shape index (κ2) is 6.84. The van der Waals surface area contributed by atoms with Gasteiger partial charge in [-0.1, -0.05) is 13.0 Å². The molecule has 2 rings (SSSR count). The van der Waals surface area contributed by atoms with Crippen LogP contribution in [0.2, 0.25) is 0 Å². The van der Waals surface area contributed by atoms with Crippen molar-refractivity contribution in [3.8, 4) is 0 Å². The number of rotatable bonds is 5. The molecule has 1 aromatic rings. The molecule has 1 atom stereocenters. The Morgan fingerprint density at radius 3 is 3.11 bits per heavy atom. The number of nitrogens with zero attached hydrogens (tertiary/aromatic N) is 1. The van der Waals surface area contributed by atoms with Gasteiger partial charge in [0.05, 0.1) is 19.3 Å². The summed E-state index contributed by atoms with van der Waals surface area (Å²) in [6, 6.07) is 5.14. The number of aliphatic hydroxyl groups is 1. The topological polar surface area (TPSA) is 44.7 Å². The van der Waals surface area contributed by atoms with E-state index in [-0.39, 0.29) is 18.5 Å². The molecule has 0 aromatic heterocycles. The van der Waals surface area contributed by atoms with Crippen LogP contribution in [-0.4, -0.2) is 44.1 Å². The van der Waals surface area contributed by atoms with Gasteiger partial charge in [-0.3, -0.25) is 0 Å². The first-order valence-corrected chi connectivity index (χ1v) is 6.71. The fourth-order valence-electron chi connectivity index (χ4n) is 2.32. The van der Waals surface area contributed by atoms with Gasteiger partial charge in [0.25, 0.3) is 0 Å². The van der Waals surface area contributed by atoms with Crippen LogP contribution in [0, 0.1) is 5.82 Å². The first kappa shape index (κ1) is 14.2. The van der Waals surface area contributed by atoms with Crippen LogP contribution in [0.15, 0.2) is 18.2 Å². The minimum absolute atomic E-state index is 0.00560. The lowest BCUT2D eigenvalue weighted by Crippen LogP contribution is -2.44. The van der Waals surface area contributed by atoms with Crippen molar-refractivity contribution in [2.45, 2.75) is 19.6 Å². The number of morpholine rings is 1. The Morgan fingerprint density at radius 2 is 2.37 bits per heavy atom. The molecule has 1 fully saturated rings. The molecule has 0 aliphatic carbocycles. The summed E-state index contributed by atoms with van der Waals surface area (Å²) in [6.45, 7) is 5.18. The van der Waals surface area contributed by atoms with Crippen LogP contribution in [-0.2, 0) is 11.3 Å². The van der Waals surface area contributed by atoms with Crippen molar-refractivity contribution < 1.29 is 14.2 Å². The van der Waals surface area contributed by atoms with Gasteiger partial charge in [-0.15, -0.1) is 0 Å². The van der Waals surface area contributed by atoms with Gasteiger partial charge in [-0.05, 0) is 18.7 Å². The van der Waals surface area contributed by atoms with E-state index >= 15 is 0 Å². The Bertz CT molecular complexity index is 414. The molecule has 0 bridgehead atoms. The summed E-state index contributed by atoms with van der Waals surface area (Å²) in [6.07, 6.45) is -0.191. The van der Waals surface area contributed by atoms with Crippen LogP contribution in [0.3, 0.4) is 0 Å². The van der Waals surface area contributed by atoms with Crippen molar-refractivity contribution in [1.29, 1.82) is 0 Å². The van der Waals surface area contributed by atoms with E-state index in [1.165, 1.54) is 6.07 Å². The van der Waals surface area contributed by atoms with Crippen LogP contribution >= 0.6 is 0 Å². The van der Waals surface area contributed by atoms with Gasteiger partial charge in [-0.2, -0.15) is 0 Å². The van der Waals surface area contributed by atoms with Crippen molar-refractivity contribution >= 4 is 5.69 Å². The third kappa shape index (κ3) is 3.43. The Kier molecular flexibility index (Phi) is 5.13. The maximum Gasteiger partial charge on any atom is 0.129 e. The van der Waals surface area contributed by atoms with Gasteiger partial charge in [0.15, 0.2) is 0 Å². The summed E-state index contributed by atoms with van der Waals surface area (Å²) in [7, 11) is 0. The number of hydrogen-bond acceptors (Lipinski definition) is 4. The number of hydrogen-bond donors (Lipinski definition) is 2. The smallest absolute Gasteiger partial charge is 0.129 e. The zero-order valence-electron chi connectivity index (χ0n) is 11.2. The van der Waals surface area contributed by atoms with Crippen LogP contribution in [0.5, 0.6) is 0 Å². The highest BCUT2D eigenvalue weighted by Gasteiger charge is 2.22. The number of aliphatic hydroxyl groups excluding tert-OH is 1. The molecule has 4 nitrogen and oxygen atoms in total. The molecule has 106 valence electrons. The van der Waals surface area contributed by atoms with Gasteiger partial charge in [-0.25, -0.2) is 4.39 Å². The van der Waals surface area contributed by atoms with E-state index in [0.29, 0.717) is 25.3 Å². The maximum atomic E-state index is 14.0. The highest BCUT2D eigenvalue weighted by Crippen LogP contribution is 2.25. The molecular weight excluding hydrogens is 247 g/mol. The van der Waals surface area contributed by atoms with Gasteiger partial charge in [0.1, 0.15) is 5.82 Å². The zero-order valence-corrected chi connectivity index (χ0v) is 11.2. The molecule has 0 amide bonds. The lowest BCUT2D eigenvalue weighted by molar-refractivity contribution is 0.00351. The molecule has 0 saturated carbocycles. The largest absolute Gasteiger partial charge is 0.394 e. The lowest BCUT2D eigenvalue weighted by atomic mass is 10.1.